The second-order valence-corrected chi connectivity index (χ2v) is 4.75. The van der Waals surface area contributed by atoms with E-state index >= 15 is 0 Å². The number of hydrogen-bond acceptors (Lipinski definition) is 4. The highest BCUT2D eigenvalue weighted by Crippen LogP contribution is 2.13. The Morgan fingerprint density at radius 3 is 2.94 bits per heavy atom. The summed E-state index contributed by atoms with van der Waals surface area (Å²) in [5, 5.41) is 4.07. The molecule has 1 aromatic rings. The molecule has 1 amide bonds. The molecule has 6 nitrogen and oxygen atoms in total. The number of aryl methyl sites for hydroxylation is 1. The van der Waals surface area contributed by atoms with Gasteiger partial charge >= 0.3 is 0 Å². The van der Waals surface area contributed by atoms with Crippen molar-refractivity contribution in [3.8, 4) is 0 Å². The summed E-state index contributed by atoms with van der Waals surface area (Å²) in [4.78, 5) is 14.3. The second kappa shape index (κ2) is 5.03. The molecule has 18 heavy (non-hydrogen) atoms. The minimum Gasteiger partial charge on any atom is -0.391 e. The number of thiocarbonyl (C=S) groups is 1. The van der Waals surface area contributed by atoms with E-state index < -0.39 is 0 Å². The minimum atomic E-state index is -0.352. The van der Waals surface area contributed by atoms with Gasteiger partial charge in [-0.25, -0.2) is 0 Å². The van der Waals surface area contributed by atoms with Crippen molar-refractivity contribution in [1.29, 1.82) is 0 Å². The molecule has 98 valence electrons. The molecule has 1 aromatic heterocycles. The van der Waals surface area contributed by atoms with Crippen molar-refractivity contribution in [1.82, 2.24) is 14.7 Å². The average molecular weight is 268 g/mol. The predicted octanol–water partition coefficient (Wildman–Crippen LogP) is -0.144. The lowest BCUT2D eigenvalue weighted by molar-refractivity contribution is 0.00874. The lowest BCUT2D eigenvalue weighted by Crippen LogP contribution is -2.50. The third-order valence-corrected chi connectivity index (χ3v) is 3.40. The van der Waals surface area contributed by atoms with Gasteiger partial charge in [-0.3, -0.25) is 9.48 Å². The smallest absolute Gasteiger partial charge is 0.257 e. The van der Waals surface area contributed by atoms with Gasteiger partial charge in [0.05, 0.1) is 24.9 Å². The van der Waals surface area contributed by atoms with Crippen molar-refractivity contribution in [2.24, 2.45) is 12.8 Å². The summed E-state index contributed by atoms with van der Waals surface area (Å²) in [7, 11) is 1.81. The topological polar surface area (TPSA) is 73.4 Å². The molecule has 1 aliphatic rings. The molecule has 7 heteroatoms. The van der Waals surface area contributed by atoms with Crippen LogP contribution in [-0.4, -0.2) is 51.4 Å². The van der Waals surface area contributed by atoms with Gasteiger partial charge in [0.1, 0.15) is 11.1 Å². The molecule has 0 aliphatic carbocycles. The zero-order valence-electron chi connectivity index (χ0n) is 10.4. The van der Waals surface area contributed by atoms with Crippen LogP contribution in [0.5, 0.6) is 0 Å². The van der Waals surface area contributed by atoms with Crippen LogP contribution >= 0.6 is 12.2 Å². The van der Waals surface area contributed by atoms with E-state index in [0.29, 0.717) is 25.3 Å². The number of carbonyl (C=O) groups is 1. The number of ether oxygens (including phenoxy) is 1. The van der Waals surface area contributed by atoms with Gasteiger partial charge in [-0.15, -0.1) is 0 Å². The third kappa shape index (κ3) is 2.37. The SMILES string of the molecule is Cc1c(C(=O)N2CCOC(C(N)=S)C2)cnn1C. The Hall–Kier alpha value is -1.47. The molecule has 1 aliphatic heterocycles. The highest BCUT2D eigenvalue weighted by molar-refractivity contribution is 7.80. The van der Waals surface area contributed by atoms with Crippen LogP contribution in [-0.2, 0) is 11.8 Å². The number of hydrogen-bond donors (Lipinski definition) is 1. The van der Waals surface area contributed by atoms with Crippen molar-refractivity contribution in [3.05, 3.63) is 17.5 Å². The molecule has 0 spiro atoms. The zero-order chi connectivity index (χ0) is 13.3. The molecule has 2 heterocycles. The Kier molecular flexibility index (Phi) is 3.63. The van der Waals surface area contributed by atoms with E-state index in [4.69, 9.17) is 22.7 Å². The van der Waals surface area contributed by atoms with Crippen molar-refractivity contribution >= 4 is 23.1 Å². The summed E-state index contributed by atoms with van der Waals surface area (Å²) in [5.41, 5.74) is 7.01. The second-order valence-electron chi connectivity index (χ2n) is 4.28. The fourth-order valence-corrected chi connectivity index (χ4v) is 2.03. The summed E-state index contributed by atoms with van der Waals surface area (Å²) in [6.07, 6.45) is 1.23. The van der Waals surface area contributed by atoms with Crippen molar-refractivity contribution in [2.45, 2.75) is 13.0 Å². The third-order valence-electron chi connectivity index (χ3n) is 3.14. The number of rotatable bonds is 2. The first-order chi connectivity index (χ1) is 8.50. The molecular weight excluding hydrogens is 252 g/mol. The first-order valence-corrected chi connectivity index (χ1v) is 6.10. The first-order valence-electron chi connectivity index (χ1n) is 5.69. The number of nitrogens with two attached hydrogens (primary N) is 1. The zero-order valence-corrected chi connectivity index (χ0v) is 11.2. The molecule has 1 atom stereocenters. The maximum atomic E-state index is 12.3. The normalized spacial score (nSPS) is 19.9. The summed E-state index contributed by atoms with van der Waals surface area (Å²) in [6, 6.07) is 0. The number of amides is 1. The van der Waals surface area contributed by atoms with Crippen molar-refractivity contribution < 1.29 is 9.53 Å². The molecule has 1 unspecified atom stereocenters. The van der Waals surface area contributed by atoms with Gasteiger partial charge in [-0.2, -0.15) is 5.10 Å². The van der Waals surface area contributed by atoms with E-state index in [9.17, 15) is 4.79 Å². The molecule has 0 saturated carbocycles. The quantitative estimate of drug-likeness (QED) is 0.756. The van der Waals surface area contributed by atoms with Gasteiger partial charge < -0.3 is 15.4 Å². The Balaban J connectivity index is 2.14. The molecule has 0 aromatic carbocycles. The molecule has 1 saturated heterocycles. The van der Waals surface area contributed by atoms with Crippen molar-refractivity contribution in [3.63, 3.8) is 0 Å². The summed E-state index contributed by atoms with van der Waals surface area (Å²) in [5.74, 6) is -0.0508. The van der Waals surface area contributed by atoms with E-state index in [1.807, 2.05) is 14.0 Å². The number of morpholine rings is 1. The monoisotopic (exact) mass is 268 g/mol. The van der Waals surface area contributed by atoms with E-state index in [2.05, 4.69) is 5.10 Å². The standard InChI is InChI=1S/C11H16N4O2S/c1-7-8(5-13-14(7)2)11(16)15-3-4-17-9(6-15)10(12)18/h5,9H,3-4,6H2,1-2H3,(H2,12,18). The Bertz CT molecular complexity index is 485. The van der Waals surface area contributed by atoms with Crippen LogP contribution in [0.4, 0.5) is 0 Å². The number of carbonyl (C=O) groups excluding carboxylic acids is 1. The van der Waals surface area contributed by atoms with Gasteiger partial charge in [0.2, 0.25) is 0 Å². The van der Waals surface area contributed by atoms with Crippen molar-refractivity contribution in [2.75, 3.05) is 19.7 Å². The molecule has 2 rings (SSSR count). The van der Waals surface area contributed by atoms with Gasteiger partial charge in [-0.05, 0) is 6.92 Å². The fraction of sp³-hybridized carbons (Fsp3) is 0.545. The summed E-state index contributed by atoms with van der Waals surface area (Å²) in [6.45, 7) is 3.27. The maximum Gasteiger partial charge on any atom is 0.257 e. The van der Waals surface area contributed by atoms with Gasteiger partial charge in [-0.1, -0.05) is 12.2 Å². The van der Waals surface area contributed by atoms with E-state index in [0.717, 1.165) is 5.69 Å². The van der Waals surface area contributed by atoms with Gasteiger partial charge in [0, 0.05) is 19.3 Å². The minimum absolute atomic E-state index is 0.0508. The molecule has 0 bridgehead atoms. The number of nitrogens with zero attached hydrogens (tertiary/aromatic N) is 3. The van der Waals surface area contributed by atoms with Crippen LogP contribution in [0.15, 0.2) is 6.20 Å². The summed E-state index contributed by atoms with van der Waals surface area (Å²) >= 11 is 4.90. The average Bonchev–Trinajstić information content (AvgIpc) is 2.69. The van der Waals surface area contributed by atoms with Crippen LogP contribution in [0.1, 0.15) is 16.1 Å². The molecular formula is C11H16N4O2S. The van der Waals surface area contributed by atoms with Crippen LogP contribution in [0, 0.1) is 6.92 Å². The van der Waals surface area contributed by atoms with E-state index in [1.54, 1.807) is 15.8 Å². The largest absolute Gasteiger partial charge is 0.391 e. The molecule has 2 N–H and O–H groups in total. The molecule has 1 fully saturated rings. The molecule has 0 radical (unpaired) electrons. The van der Waals surface area contributed by atoms with E-state index in [-0.39, 0.29) is 17.0 Å². The van der Waals surface area contributed by atoms with Crippen LogP contribution in [0.3, 0.4) is 0 Å². The first kappa shape index (κ1) is 13.0. The van der Waals surface area contributed by atoms with Crippen LogP contribution < -0.4 is 5.73 Å². The lowest BCUT2D eigenvalue weighted by atomic mass is 10.2. The van der Waals surface area contributed by atoms with Crippen LogP contribution in [0.2, 0.25) is 0 Å². The van der Waals surface area contributed by atoms with Crippen LogP contribution in [0.25, 0.3) is 0 Å². The fourth-order valence-electron chi connectivity index (χ4n) is 1.88. The summed E-state index contributed by atoms with van der Waals surface area (Å²) < 4.78 is 7.09. The Morgan fingerprint density at radius 1 is 1.67 bits per heavy atom. The van der Waals surface area contributed by atoms with Gasteiger partial charge in [0.15, 0.2) is 0 Å². The number of aromatic nitrogens is 2. The Labute approximate surface area is 111 Å². The van der Waals surface area contributed by atoms with E-state index in [1.165, 1.54) is 0 Å². The lowest BCUT2D eigenvalue weighted by Gasteiger charge is -2.32. The maximum absolute atomic E-state index is 12.3. The van der Waals surface area contributed by atoms with Gasteiger partial charge in [0.25, 0.3) is 5.91 Å². The Morgan fingerprint density at radius 2 is 2.39 bits per heavy atom. The highest BCUT2D eigenvalue weighted by Gasteiger charge is 2.28. The highest BCUT2D eigenvalue weighted by atomic mass is 32.1. The predicted molar refractivity (Wildman–Crippen MR) is 70.4 cm³/mol.